The molecule has 0 amide bonds. The lowest BCUT2D eigenvalue weighted by Gasteiger charge is -2.37. The number of likely N-dealkylation sites (N-methyl/N-ethyl adjacent to an activating group) is 1. The molecule has 1 aliphatic rings. The molecule has 0 bridgehead atoms. The molecule has 1 aliphatic heterocycles. The van der Waals surface area contributed by atoms with Crippen molar-refractivity contribution in [3.05, 3.63) is 0 Å². The highest BCUT2D eigenvalue weighted by molar-refractivity contribution is 6.63. The number of hydrogen-bond donors (Lipinski definition) is 0. The van der Waals surface area contributed by atoms with Gasteiger partial charge in [-0.25, -0.2) is 4.90 Å². The Kier molecular flexibility index (Phi) is 4.31. The van der Waals surface area contributed by atoms with Gasteiger partial charge >= 0.3 is 24.0 Å². The van der Waals surface area contributed by atoms with Crippen LogP contribution in [0, 0.1) is 0 Å². The van der Waals surface area contributed by atoms with Gasteiger partial charge in [0.05, 0.1) is 0 Å². The zero-order valence-corrected chi connectivity index (χ0v) is 10.6. The molecule has 0 aromatic rings. The molecule has 0 aromatic carbocycles. The van der Waals surface area contributed by atoms with Gasteiger partial charge in [0.25, 0.3) is 0 Å². The van der Waals surface area contributed by atoms with Gasteiger partial charge in [0.15, 0.2) is 0 Å². The monoisotopic (exact) mass is 327 g/mol. The molecule has 1 rings (SSSR count). The fourth-order valence-corrected chi connectivity index (χ4v) is 2.01. The van der Waals surface area contributed by atoms with Gasteiger partial charge in [-0.3, -0.25) is 9.59 Å². The number of nitrogens with zero attached hydrogens (tertiary/aromatic N) is 1. The molecule has 20 heavy (non-hydrogen) atoms. The van der Waals surface area contributed by atoms with Gasteiger partial charge in [0.1, 0.15) is 6.04 Å². The summed E-state index contributed by atoms with van der Waals surface area (Å²) in [5.74, 6) is -1.71. The van der Waals surface area contributed by atoms with Crippen molar-refractivity contribution in [2.45, 2.75) is 37.0 Å². The maximum absolute atomic E-state index is 12.8. The summed E-state index contributed by atoms with van der Waals surface area (Å²) in [5.41, 5.74) is -4.71. The van der Waals surface area contributed by atoms with Gasteiger partial charge in [-0.05, 0) is 25.1 Å². The summed E-state index contributed by atoms with van der Waals surface area (Å²) >= 11 is 4.95. The van der Waals surface area contributed by atoms with E-state index < -0.39 is 48.2 Å². The average Bonchev–Trinajstić information content (AvgIpc) is 2.47. The number of alkyl halides is 6. The molecule has 1 atom stereocenters. The first-order valence-corrected chi connectivity index (χ1v) is 5.50. The van der Waals surface area contributed by atoms with Crippen LogP contribution in [0.2, 0.25) is 0 Å². The predicted molar refractivity (Wildman–Crippen MR) is 52.6 cm³/mol. The number of cyclic esters (lactones) is 1. The lowest BCUT2D eigenvalue weighted by molar-refractivity contribution is -0.398. The van der Waals surface area contributed by atoms with E-state index >= 15 is 0 Å². The van der Waals surface area contributed by atoms with E-state index in [0.29, 0.717) is 7.05 Å². The van der Waals surface area contributed by atoms with Gasteiger partial charge in [-0.15, -0.1) is 0 Å². The van der Waals surface area contributed by atoms with E-state index in [9.17, 15) is 35.9 Å². The minimum atomic E-state index is -5.88. The standard InChI is InChI=1S/C9H8ClF6NO3/c1-17-4(2-3-5(10)18)6(19)20-7(17,8(11,12)13)9(14,15)16/h4H,2-3H2,1H3. The number of ether oxygens (including phenoxy) is 1. The average molecular weight is 328 g/mol. The van der Waals surface area contributed by atoms with Crippen molar-refractivity contribution in [3.8, 4) is 0 Å². The molecule has 0 N–H and O–H groups in total. The largest absolute Gasteiger partial charge is 0.453 e. The summed E-state index contributed by atoms with van der Waals surface area (Å²) in [6.45, 7) is 0. The van der Waals surface area contributed by atoms with Gasteiger partial charge in [0.2, 0.25) is 5.24 Å². The van der Waals surface area contributed by atoms with E-state index in [0.717, 1.165) is 0 Å². The zero-order valence-electron chi connectivity index (χ0n) is 9.81. The number of carbonyl (C=O) groups excluding carboxylic acids is 2. The van der Waals surface area contributed by atoms with Crippen molar-refractivity contribution < 1.29 is 40.7 Å². The molecule has 1 unspecified atom stereocenters. The second-order valence-corrected chi connectivity index (χ2v) is 4.50. The van der Waals surface area contributed by atoms with Crippen LogP contribution in [0.5, 0.6) is 0 Å². The molecule has 4 nitrogen and oxygen atoms in total. The maximum atomic E-state index is 12.8. The Hall–Kier alpha value is -1.03. The Morgan fingerprint density at radius 1 is 1.30 bits per heavy atom. The fraction of sp³-hybridized carbons (Fsp3) is 0.778. The summed E-state index contributed by atoms with van der Waals surface area (Å²) in [6, 6.07) is -1.86. The van der Waals surface area contributed by atoms with E-state index in [1.165, 1.54) is 0 Å². The van der Waals surface area contributed by atoms with Crippen LogP contribution in [0.25, 0.3) is 0 Å². The Labute approximate surface area is 113 Å². The van der Waals surface area contributed by atoms with E-state index in [1.807, 2.05) is 0 Å². The molecule has 1 fully saturated rings. The normalized spacial score (nSPS) is 23.8. The van der Waals surface area contributed by atoms with Crippen molar-refractivity contribution in [1.29, 1.82) is 0 Å². The van der Waals surface area contributed by atoms with E-state index in [1.54, 1.807) is 0 Å². The third-order valence-electron chi connectivity index (χ3n) is 2.87. The summed E-state index contributed by atoms with van der Waals surface area (Å²) in [4.78, 5) is 21.5. The smallest absolute Gasteiger partial charge is 0.423 e. The first-order chi connectivity index (χ1) is 8.84. The second-order valence-electron chi connectivity index (χ2n) is 4.08. The second kappa shape index (κ2) is 5.06. The van der Waals surface area contributed by atoms with Crippen molar-refractivity contribution >= 4 is 22.8 Å². The quantitative estimate of drug-likeness (QED) is 0.453. The van der Waals surface area contributed by atoms with Crippen LogP contribution < -0.4 is 0 Å². The molecule has 0 spiro atoms. The third-order valence-corrected chi connectivity index (χ3v) is 3.06. The number of hydrogen-bond acceptors (Lipinski definition) is 4. The van der Waals surface area contributed by atoms with Crippen LogP contribution in [-0.2, 0) is 14.3 Å². The van der Waals surface area contributed by atoms with Crippen LogP contribution in [0.15, 0.2) is 0 Å². The highest BCUT2D eigenvalue weighted by atomic mass is 35.5. The fourth-order valence-electron chi connectivity index (χ4n) is 1.90. The highest BCUT2D eigenvalue weighted by Crippen LogP contribution is 2.51. The van der Waals surface area contributed by atoms with Gasteiger partial charge in [-0.1, -0.05) is 0 Å². The van der Waals surface area contributed by atoms with E-state index in [4.69, 9.17) is 11.6 Å². The van der Waals surface area contributed by atoms with Gasteiger partial charge in [0, 0.05) is 6.42 Å². The molecule has 0 aliphatic carbocycles. The van der Waals surface area contributed by atoms with Crippen LogP contribution in [-0.4, -0.2) is 47.3 Å². The number of esters is 1. The van der Waals surface area contributed by atoms with Gasteiger partial charge < -0.3 is 4.74 Å². The summed E-state index contributed by atoms with van der Waals surface area (Å²) < 4.78 is 80.3. The Morgan fingerprint density at radius 2 is 1.75 bits per heavy atom. The van der Waals surface area contributed by atoms with Crippen LogP contribution in [0.4, 0.5) is 26.3 Å². The molecule has 11 heteroatoms. The predicted octanol–water partition coefficient (Wildman–Crippen LogP) is 2.21. The van der Waals surface area contributed by atoms with Crippen LogP contribution in [0.3, 0.4) is 0 Å². The van der Waals surface area contributed by atoms with Crippen LogP contribution >= 0.6 is 11.6 Å². The maximum Gasteiger partial charge on any atom is 0.453 e. The molecule has 1 heterocycles. The first-order valence-electron chi connectivity index (χ1n) is 5.12. The molecular weight excluding hydrogens is 320 g/mol. The zero-order chi connectivity index (χ0) is 15.9. The summed E-state index contributed by atoms with van der Waals surface area (Å²) in [5, 5.41) is -0.984. The molecule has 0 radical (unpaired) electrons. The molecule has 1 saturated heterocycles. The summed E-state index contributed by atoms with van der Waals surface area (Å²) in [6.07, 6.45) is -12.9. The molecule has 0 aromatic heterocycles. The number of carbonyl (C=O) groups is 2. The molecule has 0 saturated carbocycles. The lowest BCUT2D eigenvalue weighted by atomic mass is 10.1. The van der Waals surface area contributed by atoms with Crippen molar-refractivity contribution in [1.82, 2.24) is 4.90 Å². The Balaban J connectivity index is 3.18. The van der Waals surface area contributed by atoms with E-state index in [-0.39, 0.29) is 4.90 Å². The minimum absolute atomic E-state index is 0.269. The lowest BCUT2D eigenvalue weighted by Crippen LogP contribution is -2.65. The van der Waals surface area contributed by atoms with Crippen LogP contribution in [0.1, 0.15) is 12.8 Å². The highest BCUT2D eigenvalue weighted by Gasteiger charge is 2.80. The number of halogens is 7. The van der Waals surface area contributed by atoms with Crippen molar-refractivity contribution in [2.75, 3.05) is 7.05 Å². The third kappa shape index (κ3) is 2.58. The molecule has 116 valence electrons. The van der Waals surface area contributed by atoms with E-state index in [2.05, 4.69) is 4.74 Å². The Bertz CT molecular complexity index is 407. The molecular formula is C9H8ClF6NO3. The van der Waals surface area contributed by atoms with Crippen molar-refractivity contribution in [2.24, 2.45) is 0 Å². The topological polar surface area (TPSA) is 46.6 Å². The number of rotatable bonds is 3. The SMILES string of the molecule is CN1C(CCC(=O)Cl)C(=O)OC1(C(F)(F)F)C(F)(F)F. The summed E-state index contributed by atoms with van der Waals surface area (Å²) in [7, 11) is 0.454. The Morgan fingerprint density at radius 3 is 2.05 bits per heavy atom. The first kappa shape index (κ1) is 17.0. The van der Waals surface area contributed by atoms with Crippen molar-refractivity contribution in [3.63, 3.8) is 0 Å². The minimum Gasteiger partial charge on any atom is -0.423 e. The van der Waals surface area contributed by atoms with Gasteiger partial charge in [-0.2, -0.15) is 26.3 Å².